The molecular weight excluding hydrogens is 315 g/mol. The molecule has 1 aromatic heterocycles. The predicted molar refractivity (Wildman–Crippen MR) is 95.9 cm³/mol. The number of halogens is 1. The van der Waals surface area contributed by atoms with Crippen molar-refractivity contribution in [2.75, 3.05) is 0 Å². The lowest BCUT2D eigenvalue weighted by atomic mass is 10.1. The maximum Gasteiger partial charge on any atom is 0.261 e. The SMILES string of the molecule is O=c1c2ccc(C#Cc3cccc(F)c3)cc2ncn1C1CCCC1. The van der Waals surface area contributed by atoms with E-state index in [0.29, 0.717) is 16.5 Å². The van der Waals surface area contributed by atoms with Gasteiger partial charge in [0.25, 0.3) is 5.56 Å². The maximum atomic E-state index is 13.2. The molecule has 1 fully saturated rings. The fourth-order valence-electron chi connectivity index (χ4n) is 3.37. The maximum absolute atomic E-state index is 13.2. The molecule has 0 bridgehead atoms. The summed E-state index contributed by atoms with van der Waals surface area (Å²) in [6.45, 7) is 0. The molecule has 25 heavy (non-hydrogen) atoms. The summed E-state index contributed by atoms with van der Waals surface area (Å²) in [5, 5.41) is 0.616. The molecule has 0 N–H and O–H groups in total. The molecule has 0 unspecified atom stereocenters. The van der Waals surface area contributed by atoms with Crippen LogP contribution in [0.2, 0.25) is 0 Å². The van der Waals surface area contributed by atoms with E-state index in [4.69, 9.17) is 0 Å². The highest BCUT2D eigenvalue weighted by Crippen LogP contribution is 2.28. The summed E-state index contributed by atoms with van der Waals surface area (Å²) in [5.74, 6) is 5.63. The Balaban J connectivity index is 1.69. The van der Waals surface area contributed by atoms with Gasteiger partial charge < -0.3 is 0 Å². The van der Waals surface area contributed by atoms with Gasteiger partial charge in [-0.1, -0.05) is 30.7 Å². The van der Waals surface area contributed by atoms with Crippen molar-refractivity contribution in [1.82, 2.24) is 9.55 Å². The Morgan fingerprint density at radius 3 is 2.56 bits per heavy atom. The van der Waals surface area contributed by atoms with Crippen molar-refractivity contribution in [3.05, 3.63) is 76.1 Å². The van der Waals surface area contributed by atoms with Crippen molar-refractivity contribution < 1.29 is 4.39 Å². The van der Waals surface area contributed by atoms with Crippen LogP contribution in [0.5, 0.6) is 0 Å². The molecule has 3 aromatic rings. The monoisotopic (exact) mass is 332 g/mol. The zero-order chi connectivity index (χ0) is 17.2. The molecule has 0 radical (unpaired) electrons. The van der Waals surface area contributed by atoms with E-state index in [1.165, 1.54) is 25.0 Å². The second-order valence-corrected chi connectivity index (χ2v) is 6.39. The normalized spacial score (nSPS) is 14.4. The molecule has 1 saturated carbocycles. The number of hydrogen-bond acceptors (Lipinski definition) is 2. The summed E-state index contributed by atoms with van der Waals surface area (Å²) in [6.07, 6.45) is 6.09. The van der Waals surface area contributed by atoms with Crippen molar-refractivity contribution in [2.45, 2.75) is 31.7 Å². The zero-order valence-electron chi connectivity index (χ0n) is 13.7. The fourth-order valence-corrected chi connectivity index (χ4v) is 3.37. The number of fused-ring (bicyclic) bond motifs is 1. The van der Waals surface area contributed by atoms with Gasteiger partial charge in [-0.15, -0.1) is 0 Å². The lowest BCUT2D eigenvalue weighted by molar-refractivity contribution is 0.499. The van der Waals surface area contributed by atoms with Crippen molar-refractivity contribution in [3.63, 3.8) is 0 Å². The topological polar surface area (TPSA) is 34.9 Å². The molecule has 1 aliphatic rings. The third kappa shape index (κ3) is 3.18. The van der Waals surface area contributed by atoms with Crippen LogP contribution in [0.3, 0.4) is 0 Å². The van der Waals surface area contributed by atoms with Crippen LogP contribution in [-0.4, -0.2) is 9.55 Å². The van der Waals surface area contributed by atoms with E-state index < -0.39 is 0 Å². The standard InChI is InChI=1S/C21H17FN2O/c22-17-5-3-4-15(12-17)8-9-16-10-11-19-20(13-16)23-14-24(21(19)25)18-6-1-2-7-18/h3-5,10-14,18H,1-2,6-7H2. The number of benzene rings is 2. The minimum absolute atomic E-state index is 0.0153. The fraction of sp³-hybridized carbons (Fsp3) is 0.238. The first kappa shape index (κ1) is 15.6. The zero-order valence-corrected chi connectivity index (χ0v) is 13.7. The number of aromatic nitrogens is 2. The van der Waals surface area contributed by atoms with Crippen LogP contribution >= 0.6 is 0 Å². The average molecular weight is 332 g/mol. The van der Waals surface area contributed by atoms with Gasteiger partial charge in [0.1, 0.15) is 5.82 Å². The van der Waals surface area contributed by atoms with Gasteiger partial charge in [-0.25, -0.2) is 9.37 Å². The van der Waals surface area contributed by atoms with Gasteiger partial charge in [0.2, 0.25) is 0 Å². The van der Waals surface area contributed by atoms with Crippen molar-refractivity contribution in [1.29, 1.82) is 0 Å². The van der Waals surface area contributed by atoms with Crippen LogP contribution in [0.4, 0.5) is 4.39 Å². The van der Waals surface area contributed by atoms with E-state index in [1.807, 2.05) is 12.1 Å². The molecule has 0 atom stereocenters. The van der Waals surface area contributed by atoms with E-state index in [-0.39, 0.29) is 17.4 Å². The molecule has 4 rings (SSSR count). The summed E-state index contributed by atoms with van der Waals surface area (Å²) in [7, 11) is 0. The summed E-state index contributed by atoms with van der Waals surface area (Å²) in [5.41, 5.74) is 2.03. The van der Waals surface area contributed by atoms with Gasteiger partial charge in [0, 0.05) is 17.2 Å². The molecule has 3 nitrogen and oxygen atoms in total. The van der Waals surface area contributed by atoms with E-state index in [1.54, 1.807) is 29.1 Å². The van der Waals surface area contributed by atoms with E-state index >= 15 is 0 Å². The third-order valence-electron chi connectivity index (χ3n) is 4.68. The Hall–Kier alpha value is -2.93. The highest BCUT2D eigenvalue weighted by Gasteiger charge is 2.18. The van der Waals surface area contributed by atoms with Crippen LogP contribution in [0.15, 0.2) is 53.6 Å². The van der Waals surface area contributed by atoms with Gasteiger partial charge in [-0.2, -0.15) is 0 Å². The summed E-state index contributed by atoms with van der Waals surface area (Å²) < 4.78 is 15.0. The van der Waals surface area contributed by atoms with Crippen LogP contribution in [0.1, 0.15) is 42.9 Å². The van der Waals surface area contributed by atoms with Crippen molar-refractivity contribution >= 4 is 10.9 Å². The van der Waals surface area contributed by atoms with Crippen LogP contribution in [-0.2, 0) is 0 Å². The summed E-state index contributed by atoms with van der Waals surface area (Å²) in [4.78, 5) is 17.1. The smallest absolute Gasteiger partial charge is 0.261 e. The lowest BCUT2D eigenvalue weighted by Crippen LogP contribution is -2.23. The summed E-state index contributed by atoms with van der Waals surface area (Å²) in [6, 6.07) is 11.9. The van der Waals surface area contributed by atoms with E-state index in [0.717, 1.165) is 18.4 Å². The second-order valence-electron chi connectivity index (χ2n) is 6.39. The highest BCUT2D eigenvalue weighted by atomic mass is 19.1. The van der Waals surface area contributed by atoms with Crippen LogP contribution in [0.25, 0.3) is 10.9 Å². The largest absolute Gasteiger partial charge is 0.296 e. The van der Waals surface area contributed by atoms with Crippen LogP contribution < -0.4 is 5.56 Å². The molecule has 1 heterocycles. The first-order valence-electron chi connectivity index (χ1n) is 8.49. The Bertz CT molecular complexity index is 1050. The first-order chi connectivity index (χ1) is 12.2. The third-order valence-corrected chi connectivity index (χ3v) is 4.68. The number of nitrogens with zero attached hydrogens (tertiary/aromatic N) is 2. The average Bonchev–Trinajstić information content (AvgIpc) is 3.15. The van der Waals surface area contributed by atoms with Crippen molar-refractivity contribution in [2.24, 2.45) is 0 Å². The molecule has 0 aliphatic heterocycles. The molecule has 0 spiro atoms. The Morgan fingerprint density at radius 2 is 1.80 bits per heavy atom. The summed E-state index contributed by atoms with van der Waals surface area (Å²) >= 11 is 0. The molecule has 0 amide bonds. The number of rotatable bonds is 1. The van der Waals surface area contributed by atoms with E-state index in [2.05, 4.69) is 16.8 Å². The molecule has 1 aliphatic carbocycles. The first-order valence-corrected chi connectivity index (χ1v) is 8.49. The predicted octanol–water partition coefficient (Wildman–Crippen LogP) is 4.05. The second kappa shape index (κ2) is 6.52. The van der Waals surface area contributed by atoms with Gasteiger partial charge >= 0.3 is 0 Å². The molecule has 0 saturated heterocycles. The minimum atomic E-state index is -0.306. The highest BCUT2D eigenvalue weighted by molar-refractivity contribution is 5.79. The minimum Gasteiger partial charge on any atom is -0.296 e. The van der Waals surface area contributed by atoms with E-state index in [9.17, 15) is 9.18 Å². The van der Waals surface area contributed by atoms with Gasteiger partial charge in [0.15, 0.2) is 0 Å². The quantitative estimate of drug-likeness (QED) is 0.630. The molecule has 124 valence electrons. The number of hydrogen-bond donors (Lipinski definition) is 0. The lowest BCUT2D eigenvalue weighted by Gasteiger charge is -2.13. The molecular formula is C21H17FN2O. The van der Waals surface area contributed by atoms with Gasteiger partial charge in [0.05, 0.1) is 17.2 Å². The van der Waals surface area contributed by atoms with Gasteiger partial charge in [-0.05, 0) is 49.2 Å². The van der Waals surface area contributed by atoms with Crippen LogP contribution in [0, 0.1) is 17.7 Å². The van der Waals surface area contributed by atoms with Crippen molar-refractivity contribution in [3.8, 4) is 11.8 Å². The molecule has 2 aromatic carbocycles. The molecule has 4 heteroatoms. The van der Waals surface area contributed by atoms with Gasteiger partial charge in [-0.3, -0.25) is 9.36 Å². The Labute approximate surface area is 145 Å². The Morgan fingerprint density at radius 1 is 1.04 bits per heavy atom. The Kier molecular flexibility index (Phi) is 4.07.